The van der Waals surface area contributed by atoms with E-state index >= 15 is 0 Å². The molecule has 0 aliphatic carbocycles. The fourth-order valence-corrected chi connectivity index (χ4v) is 3.82. The Morgan fingerprint density at radius 1 is 1.00 bits per heavy atom. The number of hydrogen-bond donors (Lipinski definition) is 1. The molecule has 31 heavy (non-hydrogen) atoms. The molecule has 0 fully saturated rings. The molecule has 0 spiro atoms. The average Bonchev–Trinajstić information content (AvgIpc) is 2.73. The van der Waals surface area contributed by atoms with Crippen LogP contribution in [0.2, 0.25) is 0 Å². The van der Waals surface area contributed by atoms with Crippen molar-refractivity contribution in [3.63, 3.8) is 0 Å². The second kappa shape index (κ2) is 8.71. The fraction of sp³-hybridized carbons (Fsp3) is 0.333. The van der Waals surface area contributed by atoms with Crippen molar-refractivity contribution in [1.29, 1.82) is 0 Å². The molecule has 0 radical (unpaired) electrons. The van der Waals surface area contributed by atoms with Gasteiger partial charge < -0.3 is 23.7 Å². The van der Waals surface area contributed by atoms with Crippen molar-refractivity contribution in [3.8, 4) is 28.4 Å². The van der Waals surface area contributed by atoms with E-state index in [0.717, 1.165) is 5.56 Å². The van der Waals surface area contributed by atoms with Gasteiger partial charge in [0, 0.05) is 5.56 Å². The third kappa shape index (κ3) is 3.83. The number of hydrogen-bond acceptors (Lipinski definition) is 6. The van der Waals surface area contributed by atoms with Gasteiger partial charge in [-0.2, -0.15) is 0 Å². The van der Waals surface area contributed by atoms with E-state index in [1.807, 2.05) is 0 Å². The van der Waals surface area contributed by atoms with Crippen molar-refractivity contribution in [1.82, 2.24) is 0 Å². The molecule has 3 rings (SSSR count). The molecule has 0 bridgehead atoms. The van der Waals surface area contributed by atoms with E-state index in [1.54, 1.807) is 19.1 Å². The molecule has 0 aliphatic heterocycles. The molecule has 0 saturated carbocycles. The Bertz CT molecular complexity index is 1190. The van der Waals surface area contributed by atoms with Gasteiger partial charge in [0.25, 0.3) is 0 Å². The van der Waals surface area contributed by atoms with Crippen LogP contribution in [-0.2, 0) is 6.42 Å². The normalized spacial score (nSPS) is 11.1. The zero-order valence-corrected chi connectivity index (χ0v) is 18.5. The molecule has 164 valence electrons. The predicted octanol–water partition coefficient (Wildman–Crippen LogP) is 4.69. The van der Waals surface area contributed by atoms with Gasteiger partial charge >= 0.3 is 5.97 Å². The summed E-state index contributed by atoms with van der Waals surface area (Å²) in [5, 5.41) is 9.41. The van der Waals surface area contributed by atoms with E-state index in [4.69, 9.17) is 23.7 Å². The highest BCUT2D eigenvalue weighted by molar-refractivity contribution is 5.95. The Labute approximate surface area is 180 Å². The van der Waals surface area contributed by atoms with Crippen LogP contribution in [0.4, 0.5) is 0 Å². The summed E-state index contributed by atoms with van der Waals surface area (Å²) in [5.41, 5.74) is 1.88. The SMILES string of the molecule is COc1c(OC)c(OC)c2c(=O)c(-c3ccc(C(=O)O)cc3)c(C)oc2c1CC(C)C. The average molecular weight is 426 g/mol. The Morgan fingerprint density at radius 2 is 1.58 bits per heavy atom. The number of rotatable bonds is 7. The first-order valence-electron chi connectivity index (χ1n) is 9.87. The van der Waals surface area contributed by atoms with Crippen molar-refractivity contribution in [2.45, 2.75) is 27.2 Å². The van der Waals surface area contributed by atoms with Crippen LogP contribution in [0.25, 0.3) is 22.1 Å². The smallest absolute Gasteiger partial charge is 0.335 e. The molecular weight excluding hydrogens is 400 g/mol. The van der Waals surface area contributed by atoms with Gasteiger partial charge in [-0.25, -0.2) is 4.79 Å². The minimum absolute atomic E-state index is 0.134. The Balaban J connectivity index is 2.44. The number of aryl methyl sites for hydroxylation is 1. The fourth-order valence-electron chi connectivity index (χ4n) is 3.82. The van der Waals surface area contributed by atoms with E-state index in [-0.39, 0.29) is 28.0 Å². The lowest BCUT2D eigenvalue weighted by Crippen LogP contribution is -2.12. The molecular formula is C24H26O7. The van der Waals surface area contributed by atoms with Crippen LogP contribution >= 0.6 is 0 Å². The summed E-state index contributed by atoms with van der Waals surface area (Å²) in [7, 11) is 4.49. The van der Waals surface area contributed by atoms with Gasteiger partial charge in [-0.15, -0.1) is 0 Å². The molecule has 0 atom stereocenters. The third-order valence-electron chi connectivity index (χ3n) is 5.12. The van der Waals surface area contributed by atoms with Gasteiger partial charge in [0.05, 0.1) is 32.5 Å². The first kappa shape index (κ1) is 22.2. The molecule has 0 amide bonds. The third-order valence-corrected chi connectivity index (χ3v) is 5.12. The number of fused-ring (bicyclic) bond motifs is 1. The van der Waals surface area contributed by atoms with E-state index < -0.39 is 5.97 Å². The van der Waals surface area contributed by atoms with Gasteiger partial charge in [-0.1, -0.05) is 26.0 Å². The van der Waals surface area contributed by atoms with Crippen LogP contribution in [-0.4, -0.2) is 32.4 Å². The quantitative estimate of drug-likeness (QED) is 0.585. The van der Waals surface area contributed by atoms with Gasteiger partial charge in [0.2, 0.25) is 11.2 Å². The highest BCUT2D eigenvalue weighted by atomic mass is 16.5. The molecule has 0 unspecified atom stereocenters. The van der Waals surface area contributed by atoms with Crippen molar-refractivity contribution in [3.05, 3.63) is 51.4 Å². The Morgan fingerprint density at radius 3 is 2.06 bits per heavy atom. The van der Waals surface area contributed by atoms with Crippen molar-refractivity contribution < 1.29 is 28.5 Å². The summed E-state index contributed by atoms with van der Waals surface area (Å²) < 4.78 is 23.0. The van der Waals surface area contributed by atoms with Gasteiger partial charge in [0.1, 0.15) is 16.7 Å². The summed E-state index contributed by atoms with van der Waals surface area (Å²) >= 11 is 0. The van der Waals surface area contributed by atoms with Crippen LogP contribution in [0.1, 0.15) is 35.5 Å². The minimum atomic E-state index is -1.04. The predicted molar refractivity (Wildman–Crippen MR) is 118 cm³/mol. The number of carbonyl (C=O) groups is 1. The molecule has 1 heterocycles. The summed E-state index contributed by atoms with van der Waals surface area (Å²) in [6.45, 7) is 5.83. The monoisotopic (exact) mass is 426 g/mol. The summed E-state index contributed by atoms with van der Waals surface area (Å²) in [6, 6.07) is 6.10. The maximum Gasteiger partial charge on any atom is 0.335 e. The first-order valence-corrected chi connectivity index (χ1v) is 9.87. The number of carboxylic acids is 1. The minimum Gasteiger partial charge on any atom is -0.492 e. The number of aromatic carboxylic acids is 1. The van der Waals surface area contributed by atoms with Crippen molar-refractivity contribution in [2.24, 2.45) is 5.92 Å². The lowest BCUT2D eigenvalue weighted by molar-refractivity contribution is 0.0697. The number of methoxy groups -OCH3 is 3. The van der Waals surface area contributed by atoms with Crippen molar-refractivity contribution >= 4 is 16.9 Å². The van der Waals surface area contributed by atoms with Crippen LogP contribution in [0.3, 0.4) is 0 Å². The Kier molecular flexibility index (Phi) is 6.24. The van der Waals surface area contributed by atoms with Crippen LogP contribution in [0.5, 0.6) is 17.2 Å². The summed E-state index contributed by atoms with van der Waals surface area (Å²) in [4.78, 5) is 24.9. The molecule has 1 N–H and O–H groups in total. The Hall–Kier alpha value is -3.48. The molecule has 1 aromatic heterocycles. The maximum atomic E-state index is 13.7. The molecule has 7 nitrogen and oxygen atoms in total. The number of benzene rings is 2. The lowest BCUT2D eigenvalue weighted by atomic mass is 9.95. The topological polar surface area (TPSA) is 95.2 Å². The van der Waals surface area contributed by atoms with E-state index in [1.165, 1.54) is 33.5 Å². The molecule has 2 aromatic carbocycles. The number of ether oxygens (including phenoxy) is 3. The van der Waals surface area contributed by atoms with Gasteiger partial charge in [-0.05, 0) is 37.0 Å². The maximum absolute atomic E-state index is 13.7. The van der Waals surface area contributed by atoms with Crippen LogP contribution < -0.4 is 19.6 Å². The van der Waals surface area contributed by atoms with Gasteiger partial charge in [-0.3, -0.25) is 4.79 Å². The van der Waals surface area contributed by atoms with E-state index in [9.17, 15) is 9.59 Å². The van der Waals surface area contributed by atoms with Crippen LogP contribution in [0.15, 0.2) is 33.5 Å². The van der Waals surface area contributed by atoms with Crippen molar-refractivity contribution in [2.75, 3.05) is 21.3 Å². The van der Waals surface area contributed by atoms with Gasteiger partial charge in [0.15, 0.2) is 11.5 Å². The molecule has 0 saturated heterocycles. The largest absolute Gasteiger partial charge is 0.492 e. The second-order valence-corrected chi connectivity index (χ2v) is 7.63. The summed E-state index contributed by atoms with van der Waals surface area (Å²) in [6.07, 6.45) is 0.606. The van der Waals surface area contributed by atoms with E-state index in [0.29, 0.717) is 40.4 Å². The second-order valence-electron chi connectivity index (χ2n) is 7.63. The molecule has 7 heteroatoms. The first-order chi connectivity index (χ1) is 14.7. The van der Waals surface area contributed by atoms with E-state index in [2.05, 4.69) is 13.8 Å². The highest BCUT2D eigenvalue weighted by Crippen LogP contribution is 2.47. The highest BCUT2D eigenvalue weighted by Gasteiger charge is 2.28. The molecule has 0 aliphatic rings. The zero-order valence-electron chi connectivity index (χ0n) is 18.5. The zero-order chi connectivity index (χ0) is 22.9. The van der Waals surface area contributed by atoms with Crippen LogP contribution in [0, 0.1) is 12.8 Å². The lowest BCUT2D eigenvalue weighted by Gasteiger charge is -2.20. The summed E-state index contributed by atoms with van der Waals surface area (Å²) in [5.74, 6) is 0.687. The standard InChI is InChI=1S/C24H26O7/c1-12(2)11-16-20-18(22(29-5)23(30-6)21(16)28-4)19(25)17(13(3)31-20)14-7-9-15(10-8-14)24(26)27/h7-10,12H,11H2,1-6H3,(H,26,27). The number of carboxylic acid groups (broad SMARTS) is 1. The molecule has 3 aromatic rings.